The summed E-state index contributed by atoms with van der Waals surface area (Å²) in [5.41, 5.74) is 5.62. The van der Waals surface area contributed by atoms with E-state index in [2.05, 4.69) is 10.3 Å². The van der Waals surface area contributed by atoms with Crippen molar-refractivity contribution >= 4 is 17.2 Å². The molecule has 1 aromatic heterocycles. The molecular weight excluding hydrogens is 234 g/mol. The van der Waals surface area contributed by atoms with Gasteiger partial charge in [-0.1, -0.05) is 6.42 Å². The lowest BCUT2D eigenvalue weighted by atomic mass is 9.84. The van der Waals surface area contributed by atoms with Crippen molar-refractivity contribution in [1.29, 1.82) is 0 Å². The Bertz CT molecular complexity index is 418. The van der Waals surface area contributed by atoms with Gasteiger partial charge in [-0.15, -0.1) is 11.3 Å². The Kier molecular flexibility index (Phi) is 3.49. The number of carbonyl (C=O) groups is 1. The normalized spacial score (nSPS) is 28.3. The number of hydrogen-bond donors (Lipinski definition) is 2. The lowest BCUT2D eigenvalue weighted by Crippen LogP contribution is -2.47. The Morgan fingerprint density at radius 1 is 1.76 bits per heavy atom. The zero-order valence-electron chi connectivity index (χ0n) is 10.3. The minimum atomic E-state index is -0.397. The minimum absolute atomic E-state index is 0.0134. The lowest BCUT2D eigenvalue weighted by molar-refractivity contribution is -0.130. The number of carbonyl (C=O) groups excluding carboxylic acids is 1. The van der Waals surface area contributed by atoms with Crippen LogP contribution in [0.1, 0.15) is 36.1 Å². The van der Waals surface area contributed by atoms with E-state index in [0.29, 0.717) is 6.54 Å². The van der Waals surface area contributed by atoms with Crippen molar-refractivity contribution in [3.8, 4) is 0 Å². The molecule has 0 aromatic carbocycles. The number of aryl methyl sites for hydroxylation is 1. The van der Waals surface area contributed by atoms with Crippen molar-refractivity contribution in [3.63, 3.8) is 0 Å². The van der Waals surface area contributed by atoms with Gasteiger partial charge in [-0.3, -0.25) is 4.79 Å². The van der Waals surface area contributed by atoms with E-state index in [0.717, 1.165) is 29.1 Å². The lowest BCUT2D eigenvalue weighted by Gasteiger charge is -2.27. The molecule has 1 amide bonds. The number of thiazole rings is 1. The third-order valence-electron chi connectivity index (χ3n) is 3.62. The summed E-state index contributed by atoms with van der Waals surface area (Å²) in [7, 11) is 0. The molecule has 1 aliphatic carbocycles. The molecule has 1 fully saturated rings. The van der Waals surface area contributed by atoms with Gasteiger partial charge in [0.15, 0.2) is 0 Å². The first-order valence-corrected chi connectivity index (χ1v) is 6.79. The predicted molar refractivity (Wildman–Crippen MR) is 68.6 cm³/mol. The fourth-order valence-electron chi connectivity index (χ4n) is 2.32. The molecule has 2 atom stereocenters. The van der Waals surface area contributed by atoms with Crippen LogP contribution in [0.5, 0.6) is 0 Å². The fourth-order valence-corrected chi connectivity index (χ4v) is 3.04. The monoisotopic (exact) mass is 253 g/mol. The average molecular weight is 253 g/mol. The minimum Gasteiger partial charge on any atom is -0.349 e. The van der Waals surface area contributed by atoms with Gasteiger partial charge >= 0.3 is 0 Å². The zero-order chi connectivity index (χ0) is 12.5. The SMILES string of the molecule is Cc1cnc(CNC(=O)C2(C)CCCC2N)s1. The van der Waals surface area contributed by atoms with Crippen LogP contribution in [0.15, 0.2) is 6.20 Å². The van der Waals surface area contributed by atoms with Gasteiger partial charge in [0.25, 0.3) is 0 Å². The van der Waals surface area contributed by atoms with Gasteiger partial charge in [-0.25, -0.2) is 4.98 Å². The summed E-state index contributed by atoms with van der Waals surface area (Å²) in [6, 6.07) is -0.0134. The second kappa shape index (κ2) is 4.74. The zero-order valence-corrected chi connectivity index (χ0v) is 11.1. The number of hydrogen-bond acceptors (Lipinski definition) is 4. The van der Waals surface area contributed by atoms with Crippen molar-refractivity contribution < 1.29 is 4.79 Å². The van der Waals surface area contributed by atoms with Crippen LogP contribution in [-0.2, 0) is 11.3 Å². The molecule has 94 valence electrons. The van der Waals surface area contributed by atoms with E-state index >= 15 is 0 Å². The number of aromatic nitrogens is 1. The summed E-state index contributed by atoms with van der Waals surface area (Å²) in [4.78, 5) is 17.5. The predicted octanol–water partition coefficient (Wildman–Crippen LogP) is 1.59. The molecule has 0 saturated heterocycles. The Balaban J connectivity index is 1.93. The van der Waals surface area contributed by atoms with Crippen LogP contribution in [0.3, 0.4) is 0 Å². The van der Waals surface area contributed by atoms with Crippen LogP contribution in [-0.4, -0.2) is 16.9 Å². The summed E-state index contributed by atoms with van der Waals surface area (Å²) in [6.45, 7) is 4.49. The highest BCUT2D eigenvalue weighted by atomic mass is 32.1. The van der Waals surface area contributed by atoms with Gasteiger partial charge in [-0.05, 0) is 26.7 Å². The van der Waals surface area contributed by atoms with E-state index in [9.17, 15) is 4.79 Å². The maximum atomic E-state index is 12.1. The molecule has 1 heterocycles. The quantitative estimate of drug-likeness (QED) is 0.859. The summed E-state index contributed by atoms with van der Waals surface area (Å²) < 4.78 is 0. The highest BCUT2D eigenvalue weighted by Gasteiger charge is 2.42. The molecule has 1 aromatic rings. The molecule has 2 rings (SSSR count). The average Bonchev–Trinajstić information content (AvgIpc) is 2.84. The molecular formula is C12H19N3OS. The van der Waals surface area contributed by atoms with Gasteiger partial charge in [0.1, 0.15) is 5.01 Å². The molecule has 17 heavy (non-hydrogen) atoms. The maximum absolute atomic E-state index is 12.1. The van der Waals surface area contributed by atoms with Crippen molar-refractivity contribution in [3.05, 3.63) is 16.1 Å². The van der Waals surface area contributed by atoms with E-state index in [1.54, 1.807) is 11.3 Å². The maximum Gasteiger partial charge on any atom is 0.227 e. The molecule has 1 saturated carbocycles. The Morgan fingerprint density at radius 2 is 2.53 bits per heavy atom. The molecule has 0 radical (unpaired) electrons. The van der Waals surface area contributed by atoms with Gasteiger partial charge in [0, 0.05) is 17.1 Å². The second-order valence-electron chi connectivity index (χ2n) is 4.96. The van der Waals surface area contributed by atoms with Crippen LogP contribution in [0, 0.1) is 12.3 Å². The Hall–Kier alpha value is -0.940. The molecule has 0 bridgehead atoms. The van der Waals surface area contributed by atoms with Crippen LogP contribution >= 0.6 is 11.3 Å². The molecule has 3 N–H and O–H groups in total. The van der Waals surface area contributed by atoms with Crippen molar-refractivity contribution in [2.45, 2.75) is 45.7 Å². The van der Waals surface area contributed by atoms with Crippen molar-refractivity contribution in [2.24, 2.45) is 11.1 Å². The first-order chi connectivity index (χ1) is 8.02. The van der Waals surface area contributed by atoms with E-state index in [-0.39, 0.29) is 11.9 Å². The van der Waals surface area contributed by atoms with Crippen LogP contribution < -0.4 is 11.1 Å². The van der Waals surface area contributed by atoms with Gasteiger partial charge < -0.3 is 11.1 Å². The molecule has 5 heteroatoms. The topological polar surface area (TPSA) is 68.0 Å². The van der Waals surface area contributed by atoms with Gasteiger partial charge in [-0.2, -0.15) is 0 Å². The summed E-state index contributed by atoms with van der Waals surface area (Å²) in [5, 5.41) is 3.90. The largest absolute Gasteiger partial charge is 0.349 e. The Morgan fingerprint density at radius 3 is 3.06 bits per heavy atom. The van der Waals surface area contributed by atoms with Crippen LogP contribution in [0.25, 0.3) is 0 Å². The first-order valence-electron chi connectivity index (χ1n) is 5.97. The Labute approximate surface area is 106 Å². The van der Waals surface area contributed by atoms with Crippen LogP contribution in [0.4, 0.5) is 0 Å². The molecule has 0 aliphatic heterocycles. The summed E-state index contributed by atoms with van der Waals surface area (Å²) in [5.74, 6) is 0.0651. The number of nitrogens with zero attached hydrogens (tertiary/aromatic N) is 1. The van der Waals surface area contributed by atoms with Crippen molar-refractivity contribution in [1.82, 2.24) is 10.3 Å². The molecule has 4 nitrogen and oxygen atoms in total. The molecule has 0 spiro atoms. The van der Waals surface area contributed by atoms with E-state index in [1.807, 2.05) is 20.0 Å². The smallest absolute Gasteiger partial charge is 0.227 e. The standard InChI is InChI=1S/C12H19N3OS/c1-8-6-14-10(17-8)7-15-11(16)12(2)5-3-4-9(12)13/h6,9H,3-5,7,13H2,1-2H3,(H,15,16). The fraction of sp³-hybridized carbons (Fsp3) is 0.667. The molecule has 2 unspecified atom stereocenters. The number of amides is 1. The van der Waals surface area contributed by atoms with Crippen LogP contribution in [0.2, 0.25) is 0 Å². The molecule has 1 aliphatic rings. The van der Waals surface area contributed by atoms with E-state index in [4.69, 9.17) is 5.73 Å². The third-order valence-corrected chi connectivity index (χ3v) is 4.53. The van der Waals surface area contributed by atoms with Gasteiger partial charge in [0.2, 0.25) is 5.91 Å². The van der Waals surface area contributed by atoms with Crippen molar-refractivity contribution in [2.75, 3.05) is 0 Å². The first kappa shape index (κ1) is 12.5. The highest BCUT2D eigenvalue weighted by Crippen LogP contribution is 2.36. The number of nitrogens with one attached hydrogen (secondary N) is 1. The second-order valence-corrected chi connectivity index (χ2v) is 6.28. The van der Waals surface area contributed by atoms with E-state index in [1.165, 1.54) is 0 Å². The summed E-state index contributed by atoms with van der Waals surface area (Å²) in [6.07, 6.45) is 4.70. The highest BCUT2D eigenvalue weighted by molar-refractivity contribution is 7.11. The summed E-state index contributed by atoms with van der Waals surface area (Å²) >= 11 is 1.61. The number of rotatable bonds is 3. The van der Waals surface area contributed by atoms with Gasteiger partial charge in [0.05, 0.1) is 12.0 Å². The third kappa shape index (κ3) is 2.50. The van der Waals surface area contributed by atoms with E-state index < -0.39 is 5.41 Å². The number of nitrogens with two attached hydrogens (primary N) is 1.